The van der Waals surface area contributed by atoms with Gasteiger partial charge in [0.1, 0.15) is 10.8 Å². The van der Waals surface area contributed by atoms with Crippen molar-refractivity contribution in [3.05, 3.63) is 87.6 Å². The van der Waals surface area contributed by atoms with Crippen LogP contribution in [0.5, 0.6) is 5.75 Å². The summed E-state index contributed by atoms with van der Waals surface area (Å²) in [7, 11) is 1.52. The van der Waals surface area contributed by atoms with E-state index in [1.165, 1.54) is 30.2 Å². The molecule has 1 atom stereocenters. The second-order valence-electron chi connectivity index (χ2n) is 10.2. The minimum atomic E-state index is -0.544. The lowest BCUT2D eigenvalue weighted by Gasteiger charge is -2.15. The third-order valence-corrected chi connectivity index (χ3v) is 9.60. The largest absolute Gasteiger partial charge is 0.496 e. The average molecular weight is 634 g/mol. The molecule has 2 aromatic carbocycles. The first-order valence-electron chi connectivity index (χ1n) is 14.6. The van der Waals surface area contributed by atoms with Gasteiger partial charge in [-0.15, -0.1) is 21.5 Å². The first kappa shape index (κ1) is 31.3. The van der Waals surface area contributed by atoms with Gasteiger partial charge in [0.25, 0.3) is 5.91 Å². The van der Waals surface area contributed by atoms with Crippen LogP contribution in [0.15, 0.2) is 59.8 Å². The van der Waals surface area contributed by atoms with Crippen molar-refractivity contribution in [2.45, 2.75) is 63.0 Å². The molecule has 1 aliphatic carbocycles. The molecule has 2 heterocycles. The smallest absolute Gasteiger partial charge is 0.341 e. The number of thiophene rings is 1. The fourth-order valence-electron chi connectivity index (χ4n) is 5.07. The van der Waals surface area contributed by atoms with Gasteiger partial charge in [-0.3, -0.25) is 9.59 Å². The zero-order valence-corrected chi connectivity index (χ0v) is 26.6. The summed E-state index contributed by atoms with van der Waals surface area (Å²) in [5, 5.41) is 15.2. The van der Waals surface area contributed by atoms with E-state index in [-0.39, 0.29) is 25.0 Å². The molecule has 4 aromatic rings. The van der Waals surface area contributed by atoms with Crippen LogP contribution in [0.1, 0.15) is 62.8 Å². The highest BCUT2D eigenvalue weighted by molar-refractivity contribution is 8.00. The minimum absolute atomic E-state index is 0.142. The van der Waals surface area contributed by atoms with Crippen LogP contribution in [0.2, 0.25) is 0 Å². The van der Waals surface area contributed by atoms with E-state index < -0.39 is 11.2 Å². The summed E-state index contributed by atoms with van der Waals surface area (Å²) in [5.74, 6) is 0.113. The molecule has 2 amide bonds. The van der Waals surface area contributed by atoms with Crippen LogP contribution in [-0.2, 0) is 41.9 Å². The Labute approximate surface area is 264 Å². The number of nitrogens with one attached hydrogen (secondary N) is 2. The normalized spacial score (nSPS) is 12.8. The third-order valence-electron chi connectivity index (χ3n) is 7.31. The Morgan fingerprint density at radius 1 is 1.07 bits per heavy atom. The van der Waals surface area contributed by atoms with Crippen LogP contribution < -0.4 is 15.4 Å². The topological polar surface area (TPSA) is 124 Å². The first-order chi connectivity index (χ1) is 21.4. The van der Waals surface area contributed by atoms with Crippen molar-refractivity contribution in [3.8, 4) is 5.75 Å². The fourth-order valence-corrected chi connectivity index (χ4v) is 7.24. The van der Waals surface area contributed by atoms with Crippen LogP contribution in [0.25, 0.3) is 0 Å². The molecule has 0 saturated carbocycles. The molecule has 0 spiro atoms. The van der Waals surface area contributed by atoms with E-state index in [4.69, 9.17) is 9.47 Å². The number of thioether (sulfide) groups is 1. The number of nitrogens with zero attached hydrogens (tertiary/aromatic N) is 3. The number of aryl methyl sites for hydroxylation is 2. The van der Waals surface area contributed by atoms with Crippen molar-refractivity contribution in [2.24, 2.45) is 0 Å². The number of fused-ring (bicyclic) bond motifs is 1. The maximum atomic E-state index is 13.4. The number of esters is 1. The van der Waals surface area contributed by atoms with Crippen molar-refractivity contribution in [1.29, 1.82) is 0 Å². The number of carbonyl (C=O) groups is 3. The van der Waals surface area contributed by atoms with E-state index in [0.717, 1.165) is 35.3 Å². The molecule has 10 nitrogen and oxygen atoms in total. The highest BCUT2D eigenvalue weighted by atomic mass is 32.2. The molecule has 0 fully saturated rings. The van der Waals surface area contributed by atoms with Gasteiger partial charge in [0.05, 0.1) is 36.6 Å². The van der Waals surface area contributed by atoms with Gasteiger partial charge >= 0.3 is 5.97 Å². The van der Waals surface area contributed by atoms with Crippen molar-refractivity contribution >= 4 is 45.9 Å². The van der Waals surface area contributed by atoms with E-state index in [0.29, 0.717) is 45.8 Å². The van der Waals surface area contributed by atoms with Crippen molar-refractivity contribution < 1.29 is 23.9 Å². The standard InChI is InChI=1S/C32H35N5O5S2/c1-4-42-31(40)27-23-14-10-16-25(23)44-30(27)34-28(38)20(2)43-32-36-35-26(37(32)18-17-21-11-6-5-7-12-21)19-33-29(39)22-13-8-9-15-24(22)41-3/h5-9,11-13,15,20H,4,10,14,16-19H2,1-3H3,(H,33,39)(H,34,38). The summed E-state index contributed by atoms with van der Waals surface area (Å²) in [6.07, 6.45) is 3.41. The fraction of sp³-hybridized carbons (Fsp3) is 0.344. The quantitative estimate of drug-likeness (QED) is 0.150. The first-order valence-corrected chi connectivity index (χ1v) is 16.3. The molecular weight excluding hydrogens is 599 g/mol. The highest BCUT2D eigenvalue weighted by Gasteiger charge is 2.30. The maximum Gasteiger partial charge on any atom is 0.341 e. The number of hydrogen-bond acceptors (Lipinski definition) is 9. The number of ether oxygens (including phenoxy) is 2. The van der Waals surface area contributed by atoms with Crippen LogP contribution in [0.3, 0.4) is 0 Å². The maximum absolute atomic E-state index is 13.4. The summed E-state index contributed by atoms with van der Waals surface area (Å²) >= 11 is 2.73. The van der Waals surface area contributed by atoms with Crippen LogP contribution in [-0.4, -0.2) is 51.5 Å². The molecule has 12 heteroatoms. The van der Waals surface area contributed by atoms with Gasteiger partial charge in [-0.1, -0.05) is 54.2 Å². The zero-order chi connectivity index (χ0) is 31.1. The van der Waals surface area contributed by atoms with Crippen LogP contribution >= 0.6 is 23.1 Å². The van der Waals surface area contributed by atoms with Gasteiger partial charge in [-0.05, 0) is 62.8 Å². The van der Waals surface area contributed by atoms with Gasteiger partial charge in [0.2, 0.25) is 5.91 Å². The zero-order valence-electron chi connectivity index (χ0n) is 24.9. The Bertz CT molecular complexity index is 1640. The number of benzene rings is 2. The van der Waals surface area contributed by atoms with E-state index in [1.807, 2.05) is 22.8 Å². The van der Waals surface area contributed by atoms with E-state index >= 15 is 0 Å². The summed E-state index contributed by atoms with van der Waals surface area (Å²) < 4.78 is 12.6. The molecule has 0 saturated heterocycles. The number of methoxy groups -OCH3 is 1. The summed E-state index contributed by atoms with van der Waals surface area (Å²) in [5.41, 5.74) is 3.04. The lowest BCUT2D eigenvalue weighted by atomic mass is 10.1. The number of rotatable bonds is 13. The molecule has 0 bridgehead atoms. The molecule has 0 radical (unpaired) electrons. The molecule has 2 N–H and O–H groups in total. The van der Waals surface area contributed by atoms with Gasteiger partial charge in [0.15, 0.2) is 11.0 Å². The van der Waals surface area contributed by atoms with Crippen LogP contribution in [0, 0.1) is 0 Å². The van der Waals surface area contributed by atoms with E-state index in [2.05, 4.69) is 33.0 Å². The average Bonchev–Trinajstić information content (AvgIpc) is 3.74. The SMILES string of the molecule is CCOC(=O)c1c(NC(=O)C(C)Sc2nnc(CNC(=O)c3ccccc3OC)n2CCc2ccccc2)sc2c1CCC2. The van der Waals surface area contributed by atoms with Crippen LogP contribution in [0.4, 0.5) is 5.00 Å². The predicted molar refractivity (Wildman–Crippen MR) is 171 cm³/mol. The lowest BCUT2D eigenvalue weighted by molar-refractivity contribution is -0.115. The summed E-state index contributed by atoms with van der Waals surface area (Å²) in [6.45, 7) is 4.53. The Morgan fingerprint density at radius 2 is 1.84 bits per heavy atom. The second-order valence-corrected chi connectivity index (χ2v) is 12.6. The molecule has 230 valence electrons. The van der Waals surface area contributed by atoms with Crippen molar-refractivity contribution in [2.75, 3.05) is 19.0 Å². The second kappa shape index (κ2) is 14.5. The van der Waals surface area contributed by atoms with Gasteiger partial charge < -0.3 is 24.7 Å². The van der Waals surface area contributed by atoms with Crippen molar-refractivity contribution in [3.63, 3.8) is 0 Å². The van der Waals surface area contributed by atoms with Crippen molar-refractivity contribution in [1.82, 2.24) is 20.1 Å². The van der Waals surface area contributed by atoms with Gasteiger partial charge in [0, 0.05) is 11.4 Å². The summed E-state index contributed by atoms with van der Waals surface area (Å²) in [4.78, 5) is 40.3. The molecular formula is C32H35N5O5S2. The number of hydrogen-bond donors (Lipinski definition) is 2. The molecule has 44 heavy (non-hydrogen) atoms. The molecule has 5 rings (SSSR count). The predicted octanol–water partition coefficient (Wildman–Crippen LogP) is 5.31. The minimum Gasteiger partial charge on any atom is -0.496 e. The number of aromatic nitrogens is 3. The number of anilines is 1. The number of para-hydroxylation sites is 1. The monoisotopic (exact) mass is 633 g/mol. The van der Waals surface area contributed by atoms with Gasteiger partial charge in [-0.25, -0.2) is 4.79 Å². The molecule has 0 aliphatic heterocycles. The van der Waals surface area contributed by atoms with Gasteiger partial charge in [-0.2, -0.15) is 0 Å². The molecule has 1 unspecified atom stereocenters. The summed E-state index contributed by atoms with van der Waals surface area (Å²) in [6, 6.07) is 17.1. The Hall–Kier alpha value is -4.16. The van der Waals surface area contributed by atoms with E-state index in [1.54, 1.807) is 38.1 Å². The lowest BCUT2D eigenvalue weighted by Crippen LogP contribution is -2.26. The Kier molecular flexibility index (Phi) is 10.3. The number of amides is 2. The molecule has 2 aromatic heterocycles. The number of carbonyl (C=O) groups excluding carboxylic acids is 3. The molecule has 1 aliphatic rings. The Balaban J connectivity index is 1.32. The van der Waals surface area contributed by atoms with E-state index in [9.17, 15) is 14.4 Å². The highest BCUT2D eigenvalue weighted by Crippen LogP contribution is 2.40. The third kappa shape index (κ3) is 7.13. The Morgan fingerprint density at radius 3 is 2.61 bits per heavy atom.